The lowest BCUT2D eigenvalue weighted by atomic mass is 10.2. The van der Waals surface area contributed by atoms with Gasteiger partial charge in [-0.25, -0.2) is 0 Å². The lowest BCUT2D eigenvalue weighted by Crippen LogP contribution is -2.03. The maximum absolute atomic E-state index is 8.46. The molecule has 0 saturated heterocycles. The van der Waals surface area contributed by atoms with Gasteiger partial charge in [0, 0.05) is 22.8 Å². The van der Waals surface area contributed by atoms with Crippen molar-refractivity contribution in [3.8, 4) is 6.07 Å². The van der Waals surface area contributed by atoms with Gasteiger partial charge in [-0.2, -0.15) is 5.26 Å². The number of ether oxygens (including phenoxy) is 1. The molecule has 1 N–H and O–H groups in total. The first-order valence-electron chi connectivity index (χ1n) is 4.16. The zero-order chi connectivity index (χ0) is 10.4. The van der Waals surface area contributed by atoms with Gasteiger partial charge < -0.3 is 10.1 Å². The molecule has 0 spiro atoms. The molecule has 3 nitrogen and oxygen atoms in total. The molecule has 4 heteroatoms. The molecule has 0 aliphatic rings. The number of hydrogen-bond acceptors (Lipinski definition) is 3. The van der Waals surface area contributed by atoms with Crippen molar-refractivity contribution in [2.45, 2.75) is 6.61 Å². The summed E-state index contributed by atoms with van der Waals surface area (Å²) in [6, 6.07) is 7.83. The van der Waals surface area contributed by atoms with E-state index in [0.717, 1.165) is 15.7 Å². The Hall–Kier alpha value is -1.05. The van der Waals surface area contributed by atoms with Crippen LogP contribution < -0.4 is 5.32 Å². The normalized spacial score (nSPS) is 9.50. The van der Waals surface area contributed by atoms with Gasteiger partial charge in [-0.3, -0.25) is 0 Å². The second-order valence-corrected chi connectivity index (χ2v) is 3.56. The van der Waals surface area contributed by atoms with Crippen LogP contribution in [0.2, 0.25) is 0 Å². The predicted molar refractivity (Wildman–Crippen MR) is 59.0 cm³/mol. The Labute approximate surface area is 91.8 Å². The fourth-order valence-electron chi connectivity index (χ4n) is 1.15. The minimum atomic E-state index is 0.299. The topological polar surface area (TPSA) is 45.0 Å². The fourth-order valence-corrected chi connectivity index (χ4v) is 1.63. The lowest BCUT2D eigenvalue weighted by Gasteiger charge is -2.10. The Morgan fingerprint density at radius 3 is 3.00 bits per heavy atom. The van der Waals surface area contributed by atoms with Crippen LogP contribution in [-0.4, -0.2) is 13.7 Å². The molecule has 0 bridgehead atoms. The van der Waals surface area contributed by atoms with Crippen LogP contribution in [0.3, 0.4) is 0 Å². The average Bonchev–Trinajstić information content (AvgIpc) is 2.19. The van der Waals surface area contributed by atoms with Crippen LogP contribution in [0.5, 0.6) is 0 Å². The minimum Gasteiger partial charge on any atom is -0.380 e. The Bertz CT molecular complexity index is 346. The molecule has 1 aromatic rings. The van der Waals surface area contributed by atoms with Gasteiger partial charge in [0.15, 0.2) is 0 Å². The summed E-state index contributed by atoms with van der Waals surface area (Å²) in [4.78, 5) is 0. The summed E-state index contributed by atoms with van der Waals surface area (Å²) in [6.07, 6.45) is 0. The minimum absolute atomic E-state index is 0.299. The van der Waals surface area contributed by atoms with Gasteiger partial charge in [0.1, 0.15) is 6.54 Å². The van der Waals surface area contributed by atoms with Crippen molar-refractivity contribution in [2.24, 2.45) is 0 Å². The van der Waals surface area contributed by atoms with Crippen LogP contribution in [0.4, 0.5) is 5.69 Å². The van der Waals surface area contributed by atoms with Crippen molar-refractivity contribution in [3.05, 3.63) is 28.2 Å². The van der Waals surface area contributed by atoms with E-state index >= 15 is 0 Å². The molecule has 14 heavy (non-hydrogen) atoms. The maximum Gasteiger partial charge on any atom is 0.103 e. The van der Waals surface area contributed by atoms with Crippen LogP contribution in [-0.2, 0) is 11.3 Å². The second-order valence-electron chi connectivity index (χ2n) is 2.71. The highest BCUT2D eigenvalue weighted by Crippen LogP contribution is 2.25. The SMILES string of the molecule is COCc1c(Br)cccc1NCC#N. The van der Waals surface area contributed by atoms with Crippen LogP contribution in [0.15, 0.2) is 22.7 Å². The molecule has 0 aliphatic carbocycles. The Kier molecular flexibility index (Phi) is 4.44. The van der Waals surface area contributed by atoms with Gasteiger partial charge in [-0.1, -0.05) is 22.0 Å². The zero-order valence-electron chi connectivity index (χ0n) is 7.88. The number of nitriles is 1. The number of methoxy groups -OCH3 is 1. The van der Waals surface area contributed by atoms with E-state index in [-0.39, 0.29) is 0 Å². The molecule has 1 aromatic carbocycles. The first kappa shape index (κ1) is 11.0. The summed E-state index contributed by atoms with van der Waals surface area (Å²) < 4.78 is 6.06. The zero-order valence-corrected chi connectivity index (χ0v) is 9.47. The van der Waals surface area contributed by atoms with Gasteiger partial charge in [-0.05, 0) is 12.1 Å². The number of benzene rings is 1. The summed E-state index contributed by atoms with van der Waals surface area (Å²) in [5.74, 6) is 0. The van der Waals surface area contributed by atoms with Gasteiger partial charge in [-0.15, -0.1) is 0 Å². The first-order valence-corrected chi connectivity index (χ1v) is 4.96. The van der Waals surface area contributed by atoms with Gasteiger partial charge >= 0.3 is 0 Å². The van der Waals surface area contributed by atoms with Crippen molar-refractivity contribution in [3.63, 3.8) is 0 Å². The smallest absolute Gasteiger partial charge is 0.103 e. The maximum atomic E-state index is 8.46. The molecule has 0 fully saturated rings. The number of hydrogen-bond donors (Lipinski definition) is 1. The highest BCUT2D eigenvalue weighted by molar-refractivity contribution is 9.10. The summed E-state index contributed by atoms with van der Waals surface area (Å²) in [5.41, 5.74) is 1.97. The highest BCUT2D eigenvalue weighted by atomic mass is 79.9. The molecule has 0 atom stereocenters. The van der Waals surface area contributed by atoms with Crippen LogP contribution >= 0.6 is 15.9 Å². The monoisotopic (exact) mass is 254 g/mol. The molecule has 74 valence electrons. The summed E-state index contributed by atoms with van der Waals surface area (Å²) in [5, 5.41) is 11.5. The van der Waals surface area contributed by atoms with Gasteiger partial charge in [0.05, 0.1) is 12.7 Å². The number of halogens is 1. The summed E-state index contributed by atoms with van der Waals surface area (Å²) >= 11 is 3.44. The van der Waals surface area contributed by atoms with Crippen LogP contribution in [0.1, 0.15) is 5.56 Å². The van der Waals surface area contributed by atoms with E-state index in [1.54, 1.807) is 7.11 Å². The van der Waals surface area contributed by atoms with Crippen LogP contribution in [0.25, 0.3) is 0 Å². The van der Waals surface area contributed by atoms with Gasteiger partial charge in [0.25, 0.3) is 0 Å². The standard InChI is InChI=1S/C10H11BrN2O/c1-14-7-8-9(11)3-2-4-10(8)13-6-5-12/h2-4,13H,6-7H2,1H3. The average molecular weight is 255 g/mol. The highest BCUT2D eigenvalue weighted by Gasteiger charge is 2.05. The Balaban J connectivity index is 2.90. The first-order chi connectivity index (χ1) is 6.79. The summed E-state index contributed by atoms with van der Waals surface area (Å²) in [7, 11) is 1.65. The van der Waals surface area contributed by atoms with Crippen molar-refractivity contribution < 1.29 is 4.74 Å². The number of nitrogens with one attached hydrogen (secondary N) is 1. The molecular weight excluding hydrogens is 244 g/mol. The quantitative estimate of drug-likeness (QED) is 0.841. The fraction of sp³-hybridized carbons (Fsp3) is 0.300. The molecule has 0 saturated carbocycles. The Morgan fingerprint density at radius 1 is 1.57 bits per heavy atom. The Morgan fingerprint density at radius 2 is 2.36 bits per heavy atom. The molecule has 0 aliphatic heterocycles. The van der Waals surface area contributed by atoms with E-state index in [0.29, 0.717) is 13.2 Å². The third-order valence-corrected chi connectivity index (χ3v) is 2.51. The number of anilines is 1. The van der Waals surface area contributed by atoms with E-state index in [1.165, 1.54) is 0 Å². The second kappa shape index (κ2) is 5.63. The number of rotatable bonds is 4. The number of nitrogens with zero attached hydrogens (tertiary/aromatic N) is 1. The van der Waals surface area contributed by atoms with E-state index in [2.05, 4.69) is 21.2 Å². The van der Waals surface area contributed by atoms with E-state index in [4.69, 9.17) is 10.00 Å². The summed E-state index contributed by atoms with van der Waals surface area (Å²) in [6.45, 7) is 0.822. The van der Waals surface area contributed by atoms with Gasteiger partial charge in [0.2, 0.25) is 0 Å². The molecule has 0 unspecified atom stereocenters. The van der Waals surface area contributed by atoms with Crippen molar-refractivity contribution in [2.75, 3.05) is 19.0 Å². The lowest BCUT2D eigenvalue weighted by molar-refractivity contribution is 0.185. The van der Waals surface area contributed by atoms with Crippen molar-refractivity contribution >= 4 is 21.6 Å². The molecule has 0 aromatic heterocycles. The van der Waals surface area contributed by atoms with E-state index in [1.807, 2.05) is 24.3 Å². The molecule has 0 amide bonds. The third kappa shape index (κ3) is 2.72. The third-order valence-electron chi connectivity index (χ3n) is 1.77. The molecule has 0 heterocycles. The molecular formula is C10H11BrN2O. The van der Waals surface area contributed by atoms with Crippen molar-refractivity contribution in [1.82, 2.24) is 0 Å². The largest absolute Gasteiger partial charge is 0.380 e. The molecule has 1 rings (SSSR count). The van der Waals surface area contributed by atoms with E-state index in [9.17, 15) is 0 Å². The van der Waals surface area contributed by atoms with Crippen molar-refractivity contribution in [1.29, 1.82) is 5.26 Å². The predicted octanol–water partition coefficient (Wildman–Crippen LogP) is 2.53. The van der Waals surface area contributed by atoms with Crippen LogP contribution in [0, 0.1) is 11.3 Å². The molecule has 0 radical (unpaired) electrons. The van der Waals surface area contributed by atoms with E-state index < -0.39 is 0 Å².